The molecule has 16 heavy (non-hydrogen) atoms. The molecule has 0 saturated heterocycles. The summed E-state index contributed by atoms with van der Waals surface area (Å²) in [5, 5.41) is 0. The summed E-state index contributed by atoms with van der Waals surface area (Å²) in [6.45, 7) is 0.233. The van der Waals surface area contributed by atoms with Gasteiger partial charge in [-0.05, 0) is 18.2 Å². The number of aromatic nitrogens is 1. The number of rotatable bonds is 2. The Kier molecular flexibility index (Phi) is 1.89. The van der Waals surface area contributed by atoms with Crippen molar-refractivity contribution in [1.29, 1.82) is 0 Å². The predicted octanol–water partition coefficient (Wildman–Crippen LogP) is 1.88. The third-order valence-corrected chi connectivity index (χ3v) is 2.29. The Morgan fingerprint density at radius 3 is 2.94 bits per heavy atom. The van der Waals surface area contributed by atoms with Gasteiger partial charge in [-0.3, -0.25) is 4.79 Å². The minimum atomic E-state index is 0.0627. The van der Waals surface area contributed by atoms with Crippen molar-refractivity contribution < 1.29 is 18.7 Å². The maximum Gasteiger partial charge on any atom is 0.260 e. The Labute approximate surface area is 90.6 Å². The fourth-order valence-electron chi connectivity index (χ4n) is 1.53. The van der Waals surface area contributed by atoms with Gasteiger partial charge in [-0.1, -0.05) is 0 Å². The van der Waals surface area contributed by atoms with Crippen LogP contribution in [0.3, 0.4) is 0 Å². The molecule has 5 nitrogen and oxygen atoms in total. The van der Waals surface area contributed by atoms with Crippen LogP contribution in [-0.4, -0.2) is 18.1 Å². The van der Waals surface area contributed by atoms with Gasteiger partial charge in [0.25, 0.3) is 5.89 Å². The third-order valence-electron chi connectivity index (χ3n) is 2.29. The van der Waals surface area contributed by atoms with Crippen LogP contribution in [0, 0.1) is 0 Å². The molecule has 0 radical (unpaired) electrons. The molecule has 1 aliphatic heterocycles. The number of benzene rings is 1. The van der Waals surface area contributed by atoms with Crippen molar-refractivity contribution in [2.24, 2.45) is 0 Å². The molecule has 0 unspecified atom stereocenters. The monoisotopic (exact) mass is 217 g/mol. The third kappa shape index (κ3) is 1.33. The molecule has 1 aliphatic rings. The molecule has 3 rings (SSSR count). The summed E-state index contributed by atoms with van der Waals surface area (Å²) in [5.41, 5.74) is 1.42. The van der Waals surface area contributed by atoms with Gasteiger partial charge in [0.15, 0.2) is 11.5 Å². The molecule has 1 aromatic carbocycles. The largest absolute Gasteiger partial charge is 0.454 e. The first-order valence-electron chi connectivity index (χ1n) is 4.67. The van der Waals surface area contributed by atoms with Crippen molar-refractivity contribution in [3.63, 3.8) is 0 Å². The van der Waals surface area contributed by atoms with Crippen molar-refractivity contribution in [2.75, 3.05) is 6.79 Å². The summed E-state index contributed by atoms with van der Waals surface area (Å²) < 4.78 is 15.4. The van der Waals surface area contributed by atoms with Crippen LogP contribution in [0.25, 0.3) is 11.3 Å². The fraction of sp³-hybridized carbons (Fsp3) is 0.0909. The summed E-state index contributed by atoms with van der Waals surface area (Å²) in [5.74, 6) is 1.45. The number of fused-ring (bicyclic) bond motifs is 1. The van der Waals surface area contributed by atoms with Gasteiger partial charge >= 0.3 is 0 Å². The van der Waals surface area contributed by atoms with E-state index in [1.54, 1.807) is 12.1 Å². The molecular formula is C11H7NO4. The highest BCUT2D eigenvalue weighted by Crippen LogP contribution is 2.35. The SMILES string of the molecule is O=Cc1nc(-c2ccc3c(c2)OCO3)co1. The van der Waals surface area contributed by atoms with Crippen LogP contribution in [0.1, 0.15) is 10.7 Å². The van der Waals surface area contributed by atoms with Crippen LogP contribution in [0.2, 0.25) is 0 Å². The summed E-state index contributed by atoms with van der Waals surface area (Å²) in [7, 11) is 0. The van der Waals surface area contributed by atoms with E-state index in [2.05, 4.69) is 4.98 Å². The molecule has 0 aliphatic carbocycles. The van der Waals surface area contributed by atoms with Gasteiger partial charge in [0.1, 0.15) is 12.0 Å². The average Bonchev–Trinajstić information content (AvgIpc) is 2.96. The second-order valence-corrected chi connectivity index (χ2v) is 3.26. The molecular weight excluding hydrogens is 210 g/mol. The van der Waals surface area contributed by atoms with Crippen LogP contribution < -0.4 is 9.47 Å². The number of hydrogen-bond donors (Lipinski definition) is 0. The first-order chi connectivity index (χ1) is 7.86. The Morgan fingerprint density at radius 2 is 2.12 bits per heavy atom. The number of aldehydes is 1. The molecule has 0 bridgehead atoms. The number of oxazole rings is 1. The normalized spacial score (nSPS) is 12.8. The Balaban J connectivity index is 2.03. The van der Waals surface area contributed by atoms with E-state index < -0.39 is 0 Å². The molecule has 2 heterocycles. The maximum atomic E-state index is 10.4. The zero-order valence-electron chi connectivity index (χ0n) is 8.17. The first-order valence-corrected chi connectivity index (χ1v) is 4.67. The maximum absolute atomic E-state index is 10.4. The van der Waals surface area contributed by atoms with Crippen LogP contribution in [0.5, 0.6) is 11.5 Å². The summed E-state index contributed by atoms with van der Waals surface area (Å²) in [6.07, 6.45) is 2.00. The lowest BCUT2D eigenvalue weighted by Gasteiger charge is -1.98. The average molecular weight is 217 g/mol. The number of carbonyl (C=O) groups is 1. The Morgan fingerprint density at radius 1 is 1.25 bits per heavy atom. The van der Waals surface area contributed by atoms with Gasteiger partial charge in [0, 0.05) is 5.56 Å². The molecule has 0 spiro atoms. The topological polar surface area (TPSA) is 61.6 Å². The number of hydrogen-bond acceptors (Lipinski definition) is 5. The van der Waals surface area contributed by atoms with Crippen molar-refractivity contribution in [2.45, 2.75) is 0 Å². The van der Waals surface area contributed by atoms with Crippen molar-refractivity contribution >= 4 is 6.29 Å². The smallest absolute Gasteiger partial charge is 0.260 e. The molecule has 0 atom stereocenters. The van der Waals surface area contributed by atoms with Gasteiger partial charge in [-0.2, -0.15) is 0 Å². The van der Waals surface area contributed by atoms with E-state index in [9.17, 15) is 4.79 Å². The van der Waals surface area contributed by atoms with Gasteiger partial charge < -0.3 is 13.9 Å². The van der Waals surface area contributed by atoms with E-state index >= 15 is 0 Å². The number of nitrogens with zero attached hydrogens (tertiary/aromatic N) is 1. The highest BCUT2D eigenvalue weighted by molar-refractivity contribution is 5.71. The first kappa shape index (κ1) is 8.96. The fourth-order valence-corrected chi connectivity index (χ4v) is 1.53. The number of ether oxygens (including phenoxy) is 2. The minimum Gasteiger partial charge on any atom is -0.454 e. The van der Waals surface area contributed by atoms with Crippen molar-refractivity contribution in [3.05, 3.63) is 30.4 Å². The van der Waals surface area contributed by atoms with Crippen molar-refractivity contribution in [3.8, 4) is 22.8 Å². The molecule has 5 heteroatoms. The van der Waals surface area contributed by atoms with E-state index in [0.717, 1.165) is 5.56 Å². The highest BCUT2D eigenvalue weighted by Gasteiger charge is 2.15. The van der Waals surface area contributed by atoms with E-state index in [1.165, 1.54) is 6.26 Å². The molecule has 1 aromatic heterocycles. The lowest BCUT2D eigenvalue weighted by atomic mass is 10.1. The standard InChI is InChI=1S/C11H7NO4/c13-4-11-12-8(5-14-11)7-1-2-9-10(3-7)16-6-15-9/h1-5H,6H2. The van der Waals surface area contributed by atoms with Crippen LogP contribution in [-0.2, 0) is 0 Å². The van der Waals surface area contributed by atoms with Crippen molar-refractivity contribution in [1.82, 2.24) is 4.98 Å². The van der Waals surface area contributed by atoms with E-state index in [-0.39, 0.29) is 12.7 Å². The second-order valence-electron chi connectivity index (χ2n) is 3.26. The van der Waals surface area contributed by atoms with Crippen LogP contribution >= 0.6 is 0 Å². The molecule has 0 N–H and O–H groups in total. The van der Waals surface area contributed by atoms with Gasteiger partial charge in [-0.25, -0.2) is 4.98 Å². The van der Waals surface area contributed by atoms with Gasteiger partial charge in [-0.15, -0.1) is 0 Å². The minimum absolute atomic E-state index is 0.0627. The van der Waals surface area contributed by atoms with Gasteiger partial charge in [0.2, 0.25) is 13.1 Å². The predicted molar refractivity (Wildman–Crippen MR) is 53.4 cm³/mol. The second kappa shape index (κ2) is 3.37. The highest BCUT2D eigenvalue weighted by atomic mass is 16.7. The lowest BCUT2D eigenvalue weighted by molar-refractivity contribution is 0.109. The summed E-state index contributed by atoms with van der Waals surface area (Å²) >= 11 is 0. The Bertz CT molecular complexity index is 547. The molecule has 0 saturated carbocycles. The zero-order valence-corrected chi connectivity index (χ0v) is 8.17. The van der Waals surface area contributed by atoms with E-state index in [4.69, 9.17) is 13.9 Å². The van der Waals surface area contributed by atoms with Crippen LogP contribution in [0.15, 0.2) is 28.9 Å². The lowest BCUT2D eigenvalue weighted by Crippen LogP contribution is -1.92. The van der Waals surface area contributed by atoms with Gasteiger partial charge in [0.05, 0.1) is 0 Å². The zero-order chi connectivity index (χ0) is 11.0. The quantitative estimate of drug-likeness (QED) is 0.718. The summed E-state index contributed by atoms with van der Waals surface area (Å²) in [4.78, 5) is 14.4. The molecule has 0 fully saturated rings. The summed E-state index contributed by atoms with van der Waals surface area (Å²) in [6, 6.07) is 5.43. The molecule has 0 amide bonds. The molecule has 80 valence electrons. The van der Waals surface area contributed by atoms with E-state index in [1.807, 2.05) is 6.07 Å². The van der Waals surface area contributed by atoms with Crippen LogP contribution in [0.4, 0.5) is 0 Å². The Hall–Kier alpha value is -2.30. The number of carbonyl (C=O) groups excluding carboxylic acids is 1. The molecule has 2 aromatic rings. The van der Waals surface area contributed by atoms with E-state index in [0.29, 0.717) is 23.5 Å².